The van der Waals surface area contributed by atoms with E-state index in [9.17, 15) is 0 Å². The van der Waals surface area contributed by atoms with E-state index in [4.69, 9.17) is 4.74 Å². The van der Waals surface area contributed by atoms with E-state index in [1.165, 1.54) is 36.8 Å². The second kappa shape index (κ2) is 10.8. The predicted octanol–water partition coefficient (Wildman–Crippen LogP) is 7.17. The first-order valence-corrected chi connectivity index (χ1v) is 10.6. The van der Waals surface area contributed by atoms with Gasteiger partial charge in [-0.3, -0.25) is 0 Å². The Kier molecular flexibility index (Phi) is 8.75. The van der Waals surface area contributed by atoms with E-state index >= 15 is 0 Å². The highest BCUT2D eigenvalue weighted by Crippen LogP contribution is 2.27. The van der Waals surface area contributed by atoms with Gasteiger partial charge >= 0.3 is 0 Å². The van der Waals surface area contributed by atoms with E-state index < -0.39 is 0 Å². The van der Waals surface area contributed by atoms with Gasteiger partial charge in [0, 0.05) is 0 Å². The number of rotatable bonds is 8. The average Bonchev–Trinajstić information content (AvgIpc) is 2.59. The van der Waals surface area contributed by atoms with Crippen LogP contribution in [-0.4, -0.2) is 12.2 Å². The van der Waals surface area contributed by atoms with Gasteiger partial charge in [-0.25, -0.2) is 0 Å². The molecule has 0 aromatic rings. The van der Waals surface area contributed by atoms with Crippen molar-refractivity contribution in [3.63, 3.8) is 0 Å². The minimum Gasteiger partial charge on any atom is -0.367 e. The van der Waals surface area contributed by atoms with Crippen molar-refractivity contribution in [2.24, 2.45) is 11.8 Å². The number of allylic oxidation sites excluding steroid dienone is 6. The lowest BCUT2D eigenvalue weighted by molar-refractivity contribution is 0.0304. The van der Waals surface area contributed by atoms with Crippen LogP contribution in [0.2, 0.25) is 0 Å². The van der Waals surface area contributed by atoms with Crippen LogP contribution in [0, 0.1) is 11.8 Å². The molecule has 0 fully saturated rings. The van der Waals surface area contributed by atoms with Crippen LogP contribution in [0.25, 0.3) is 0 Å². The standard InChI is InChI=1S/C24H38O/c1-5-11-23(17-21-15-9-7-13-19(21)3)25-24(12-6-2)18-22-16-10-8-14-20(22)4/h9-10,15-20,23-24H,5-8,11-14H2,1-4H3. The Morgan fingerprint density at radius 2 is 1.32 bits per heavy atom. The Morgan fingerprint density at radius 3 is 1.68 bits per heavy atom. The Morgan fingerprint density at radius 1 is 0.880 bits per heavy atom. The van der Waals surface area contributed by atoms with E-state index in [0.717, 1.165) is 25.7 Å². The summed E-state index contributed by atoms with van der Waals surface area (Å²) in [6, 6.07) is 0. The molecular weight excluding hydrogens is 304 g/mol. The van der Waals surface area contributed by atoms with Gasteiger partial charge in [-0.2, -0.15) is 0 Å². The fraction of sp³-hybridized carbons (Fsp3) is 0.667. The Labute approximate surface area is 155 Å². The summed E-state index contributed by atoms with van der Waals surface area (Å²) in [5, 5.41) is 0. The largest absolute Gasteiger partial charge is 0.367 e. The summed E-state index contributed by atoms with van der Waals surface area (Å²) in [6.45, 7) is 9.21. The van der Waals surface area contributed by atoms with Crippen molar-refractivity contribution < 1.29 is 4.74 Å². The van der Waals surface area contributed by atoms with Crippen LogP contribution in [-0.2, 0) is 4.74 Å². The summed E-state index contributed by atoms with van der Waals surface area (Å²) in [6.07, 6.45) is 24.1. The minimum atomic E-state index is 0.237. The lowest BCUT2D eigenvalue weighted by atomic mass is 9.89. The molecule has 4 atom stereocenters. The van der Waals surface area contributed by atoms with Gasteiger partial charge in [0.2, 0.25) is 0 Å². The maximum absolute atomic E-state index is 6.61. The Hall–Kier alpha value is -1.08. The summed E-state index contributed by atoms with van der Waals surface area (Å²) >= 11 is 0. The molecule has 1 heteroatoms. The van der Waals surface area contributed by atoms with Crippen LogP contribution in [0.5, 0.6) is 0 Å². The zero-order chi connectivity index (χ0) is 18.1. The second-order valence-corrected chi connectivity index (χ2v) is 7.89. The maximum atomic E-state index is 6.61. The smallest absolute Gasteiger partial charge is 0.0769 e. The molecule has 0 spiro atoms. The summed E-state index contributed by atoms with van der Waals surface area (Å²) in [7, 11) is 0. The van der Waals surface area contributed by atoms with Crippen LogP contribution in [0.1, 0.15) is 79.1 Å². The van der Waals surface area contributed by atoms with Gasteiger partial charge in [-0.1, -0.05) is 77.0 Å². The lowest BCUT2D eigenvalue weighted by Gasteiger charge is -2.25. The van der Waals surface area contributed by atoms with Gasteiger partial charge in [0.25, 0.3) is 0 Å². The van der Waals surface area contributed by atoms with E-state index in [-0.39, 0.29) is 12.2 Å². The first-order valence-electron chi connectivity index (χ1n) is 10.6. The molecule has 2 aliphatic rings. The fourth-order valence-corrected chi connectivity index (χ4v) is 3.84. The fourth-order valence-electron chi connectivity index (χ4n) is 3.84. The van der Waals surface area contributed by atoms with Gasteiger partial charge in [0.1, 0.15) is 0 Å². The molecule has 25 heavy (non-hydrogen) atoms. The molecule has 0 bridgehead atoms. The molecule has 140 valence electrons. The van der Waals surface area contributed by atoms with E-state index in [0.29, 0.717) is 11.8 Å². The highest BCUT2D eigenvalue weighted by molar-refractivity contribution is 5.27. The van der Waals surface area contributed by atoms with Crippen molar-refractivity contribution in [3.05, 3.63) is 47.6 Å². The second-order valence-electron chi connectivity index (χ2n) is 7.89. The molecule has 0 N–H and O–H groups in total. The molecule has 2 aliphatic carbocycles. The van der Waals surface area contributed by atoms with Crippen molar-refractivity contribution in [1.82, 2.24) is 0 Å². The van der Waals surface area contributed by atoms with Gasteiger partial charge in [-0.15, -0.1) is 0 Å². The third-order valence-electron chi connectivity index (χ3n) is 5.54. The molecular formula is C24H38O. The van der Waals surface area contributed by atoms with Crippen molar-refractivity contribution >= 4 is 0 Å². The zero-order valence-corrected chi connectivity index (χ0v) is 16.8. The van der Waals surface area contributed by atoms with Crippen LogP contribution in [0.15, 0.2) is 47.6 Å². The molecule has 0 aliphatic heterocycles. The van der Waals surface area contributed by atoms with E-state index in [2.05, 4.69) is 64.2 Å². The molecule has 4 unspecified atom stereocenters. The van der Waals surface area contributed by atoms with Crippen LogP contribution < -0.4 is 0 Å². The molecule has 0 radical (unpaired) electrons. The van der Waals surface area contributed by atoms with Crippen LogP contribution in [0.3, 0.4) is 0 Å². The minimum absolute atomic E-state index is 0.237. The lowest BCUT2D eigenvalue weighted by Crippen LogP contribution is -2.21. The third kappa shape index (κ3) is 6.62. The summed E-state index contributed by atoms with van der Waals surface area (Å²) < 4.78 is 6.61. The highest BCUT2D eigenvalue weighted by Gasteiger charge is 2.18. The van der Waals surface area contributed by atoms with Gasteiger partial charge in [0.05, 0.1) is 12.2 Å². The molecule has 1 nitrogen and oxygen atoms in total. The normalized spacial score (nSPS) is 29.3. The van der Waals surface area contributed by atoms with Gasteiger partial charge in [-0.05, 0) is 61.5 Å². The summed E-state index contributed by atoms with van der Waals surface area (Å²) in [5.74, 6) is 1.33. The number of hydrogen-bond donors (Lipinski definition) is 0. The quantitative estimate of drug-likeness (QED) is 0.454. The Balaban J connectivity index is 2.13. The van der Waals surface area contributed by atoms with Gasteiger partial charge in [0.15, 0.2) is 0 Å². The van der Waals surface area contributed by atoms with Crippen LogP contribution in [0.4, 0.5) is 0 Å². The molecule has 0 aromatic carbocycles. The Bertz CT molecular complexity index is 462. The van der Waals surface area contributed by atoms with E-state index in [1.807, 2.05) is 0 Å². The van der Waals surface area contributed by atoms with Crippen molar-refractivity contribution in [1.29, 1.82) is 0 Å². The van der Waals surface area contributed by atoms with Crippen LogP contribution >= 0.6 is 0 Å². The zero-order valence-electron chi connectivity index (χ0n) is 16.8. The number of ether oxygens (including phenoxy) is 1. The van der Waals surface area contributed by atoms with Crippen molar-refractivity contribution in [3.8, 4) is 0 Å². The first kappa shape index (κ1) is 20.2. The molecule has 2 rings (SSSR count). The topological polar surface area (TPSA) is 9.23 Å². The van der Waals surface area contributed by atoms with Gasteiger partial charge < -0.3 is 4.74 Å². The molecule has 0 saturated carbocycles. The summed E-state index contributed by atoms with van der Waals surface area (Å²) in [4.78, 5) is 0. The van der Waals surface area contributed by atoms with E-state index in [1.54, 1.807) is 0 Å². The van der Waals surface area contributed by atoms with Crippen molar-refractivity contribution in [2.75, 3.05) is 0 Å². The van der Waals surface area contributed by atoms with Crippen molar-refractivity contribution in [2.45, 2.75) is 91.3 Å². The maximum Gasteiger partial charge on any atom is 0.0769 e. The SMILES string of the molecule is CCCC(C=C1C=CCCC1C)OC(C=C1C=CCCC1C)CCC. The monoisotopic (exact) mass is 342 g/mol. The molecule has 0 aromatic heterocycles. The summed E-state index contributed by atoms with van der Waals surface area (Å²) in [5.41, 5.74) is 2.94. The first-order chi connectivity index (χ1) is 12.1. The predicted molar refractivity (Wildman–Crippen MR) is 110 cm³/mol. The average molecular weight is 343 g/mol. The molecule has 0 amide bonds. The number of hydrogen-bond acceptors (Lipinski definition) is 1. The highest BCUT2D eigenvalue weighted by atomic mass is 16.5. The third-order valence-corrected chi connectivity index (χ3v) is 5.54. The molecule has 0 saturated heterocycles. The molecule has 0 heterocycles.